The summed E-state index contributed by atoms with van der Waals surface area (Å²) in [5.41, 5.74) is 1.15. The quantitative estimate of drug-likeness (QED) is 0.566. The molecule has 0 saturated heterocycles. The summed E-state index contributed by atoms with van der Waals surface area (Å²) in [7, 11) is 2.31. The largest absolute Gasteiger partial charge is 0.465 e. The first kappa shape index (κ1) is 19.9. The van der Waals surface area contributed by atoms with E-state index < -0.39 is 29.8 Å². The molecule has 0 aromatic heterocycles. The van der Waals surface area contributed by atoms with Crippen molar-refractivity contribution in [2.75, 3.05) is 14.2 Å². The molecule has 0 bridgehead atoms. The summed E-state index contributed by atoms with van der Waals surface area (Å²) in [4.78, 5) is 42.8. The van der Waals surface area contributed by atoms with Gasteiger partial charge in [-0.25, -0.2) is 14.4 Å². The van der Waals surface area contributed by atoms with Crippen LogP contribution < -0.4 is 0 Å². The van der Waals surface area contributed by atoms with Crippen molar-refractivity contribution < 1.29 is 33.4 Å². The van der Waals surface area contributed by atoms with Crippen molar-refractivity contribution in [3.8, 4) is 0 Å². The fourth-order valence-corrected chi connectivity index (χ4v) is 2.86. The van der Waals surface area contributed by atoms with Gasteiger partial charge in [-0.3, -0.25) is 0 Å². The van der Waals surface area contributed by atoms with Gasteiger partial charge >= 0.3 is 18.0 Å². The van der Waals surface area contributed by atoms with Gasteiger partial charge in [-0.15, -0.1) is 5.06 Å². The summed E-state index contributed by atoms with van der Waals surface area (Å²) >= 11 is 0. The monoisotopic (exact) mass is 397 g/mol. The van der Waals surface area contributed by atoms with Gasteiger partial charge in [-0.2, -0.15) is 0 Å². The Hall–Kier alpha value is -3.81. The summed E-state index contributed by atoms with van der Waals surface area (Å²) in [6.07, 6.45) is -0.872. The van der Waals surface area contributed by atoms with Gasteiger partial charge in [0.1, 0.15) is 18.2 Å². The predicted octanol–water partition coefficient (Wildman–Crippen LogP) is 2.91. The highest BCUT2D eigenvalue weighted by Crippen LogP contribution is 2.39. The van der Waals surface area contributed by atoms with Crippen LogP contribution in [0.5, 0.6) is 0 Å². The molecule has 0 saturated carbocycles. The number of esters is 2. The van der Waals surface area contributed by atoms with E-state index in [2.05, 4.69) is 0 Å². The van der Waals surface area contributed by atoms with Crippen molar-refractivity contribution in [2.24, 2.45) is 0 Å². The molecule has 0 aliphatic carbocycles. The van der Waals surface area contributed by atoms with Crippen molar-refractivity contribution in [3.63, 3.8) is 0 Å². The Kier molecular flexibility index (Phi) is 6.13. The van der Waals surface area contributed by atoms with Crippen LogP contribution in [0.1, 0.15) is 17.2 Å². The third-order valence-corrected chi connectivity index (χ3v) is 4.22. The van der Waals surface area contributed by atoms with E-state index in [9.17, 15) is 14.4 Å². The number of hydrogen-bond acceptors (Lipinski definition) is 7. The molecule has 8 nitrogen and oxygen atoms in total. The van der Waals surface area contributed by atoms with Gasteiger partial charge in [0.15, 0.2) is 0 Å². The third kappa shape index (κ3) is 4.21. The SMILES string of the molecule is COC(=O)C1=C(C(=O)OC)C(c2ccccc2)N(C(=O)OCc2ccccc2)O1. The average molecular weight is 397 g/mol. The first-order valence-electron chi connectivity index (χ1n) is 8.70. The van der Waals surface area contributed by atoms with Crippen LogP contribution in [0.15, 0.2) is 72.0 Å². The second kappa shape index (κ2) is 8.92. The minimum atomic E-state index is -1.04. The highest BCUT2D eigenvalue weighted by atomic mass is 16.7. The van der Waals surface area contributed by atoms with E-state index in [-0.39, 0.29) is 12.2 Å². The third-order valence-electron chi connectivity index (χ3n) is 4.22. The molecular weight excluding hydrogens is 378 g/mol. The number of amides is 1. The molecule has 150 valence electrons. The van der Waals surface area contributed by atoms with Gasteiger partial charge in [-0.1, -0.05) is 60.7 Å². The molecule has 1 amide bonds. The lowest BCUT2D eigenvalue weighted by molar-refractivity contribution is -0.151. The maximum Gasteiger partial charge on any atom is 0.444 e. The van der Waals surface area contributed by atoms with E-state index in [1.54, 1.807) is 42.5 Å². The van der Waals surface area contributed by atoms with Crippen LogP contribution >= 0.6 is 0 Å². The number of ether oxygens (including phenoxy) is 3. The fraction of sp³-hybridized carbons (Fsp3) is 0.190. The van der Waals surface area contributed by atoms with Gasteiger partial charge in [0.05, 0.1) is 14.2 Å². The lowest BCUT2D eigenvalue weighted by atomic mass is 9.98. The standard InChI is InChI=1S/C21H19NO7/c1-26-19(23)16-17(15-11-7-4-8-12-15)22(29-18(16)20(24)27-2)21(25)28-13-14-9-5-3-6-10-14/h3-12,17H,13H2,1-2H3. The first-order valence-corrected chi connectivity index (χ1v) is 8.70. The molecule has 1 heterocycles. The van der Waals surface area contributed by atoms with Crippen LogP contribution in [0.2, 0.25) is 0 Å². The van der Waals surface area contributed by atoms with Gasteiger partial charge in [0, 0.05) is 0 Å². The van der Waals surface area contributed by atoms with E-state index in [1.807, 2.05) is 18.2 Å². The minimum Gasteiger partial charge on any atom is -0.465 e. The van der Waals surface area contributed by atoms with Crippen LogP contribution in [-0.4, -0.2) is 37.3 Å². The van der Waals surface area contributed by atoms with Crippen molar-refractivity contribution in [2.45, 2.75) is 12.6 Å². The number of carbonyl (C=O) groups excluding carboxylic acids is 3. The van der Waals surface area contributed by atoms with Crippen molar-refractivity contribution in [1.82, 2.24) is 5.06 Å². The Labute approximate surface area is 167 Å². The number of carbonyl (C=O) groups is 3. The lowest BCUT2D eigenvalue weighted by Gasteiger charge is -2.23. The zero-order valence-electron chi connectivity index (χ0n) is 15.9. The number of rotatable bonds is 5. The van der Waals surface area contributed by atoms with Gasteiger partial charge in [0.25, 0.3) is 5.76 Å². The average Bonchev–Trinajstić information content (AvgIpc) is 3.18. The second-order valence-corrected chi connectivity index (χ2v) is 6.00. The van der Waals surface area contributed by atoms with Crippen molar-refractivity contribution in [1.29, 1.82) is 0 Å². The Balaban J connectivity index is 1.94. The fourth-order valence-electron chi connectivity index (χ4n) is 2.86. The Morgan fingerprint density at radius 1 is 0.897 bits per heavy atom. The molecule has 0 fully saturated rings. The van der Waals surface area contributed by atoms with Gasteiger partial charge in [-0.05, 0) is 11.1 Å². The molecule has 0 spiro atoms. The van der Waals surface area contributed by atoms with Crippen molar-refractivity contribution >= 4 is 18.0 Å². The number of hydroxylamine groups is 2. The number of nitrogens with zero attached hydrogens (tertiary/aromatic N) is 1. The summed E-state index contributed by atoms with van der Waals surface area (Å²) in [5, 5.41) is 0.830. The Morgan fingerprint density at radius 3 is 2.07 bits per heavy atom. The van der Waals surface area contributed by atoms with Crippen LogP contribution in [0, 0.1) is 0 Å². The summed E-state index contributed by atoms with van der Waals surface area (Å²) in [6, 6.07) is 16.6. The zero-order valence-corrected chi connectivity index (χ0v) is 15.9. The van der Waals surface area contributed by atoms with Crippen molar-refractivity contribution in [3.05, 3.63) is 83.1 Å². The molecular formula is C21H19NO7. The highest BCUT2D eigenvalue weighted by Gasteiger charge is 2.47. The Morgan fingerprint density at radius 2 is 1.48 bits per heavy atom. The summed E-state index contributed by atoms with van der Waals surface area (Å²) < 4.78 is 14.8. The summed E-state index contributed by atoms with van der Waals surface area (Å²) in [5.74, 6) is -2.16. The molecule has 1 aliphatic rings. The topological polar surface area (TPSA) is 91.4 Å². The summed E-state index contributed by atoms with van der Waals surface area (Å²) in [6.45, 7) is -0.0117. The smallest absolute Gasteiger partial charge is 0.444 e. The van der Waals surface area contributed by atoms with E-state index in [0.29, 0.717) is 5.56 Å². The predicted molar refractivity (Wildman–Crippen MR) is 99.8 cm³/mol. The number of methoxy groups -OCH3 is 2. The van der Waals surface area contributed by atoms with E-state index in [4.69, 9.17) is 19.0 Å². The van der Waals surface area contributed by atoms with E-state index in [0.717, 1.165) is 17.7 Å². The molecule has 2 aromatic rings. The molecule has 1 unspecified atom stereocenters. The highest BCUT2D eigenvalue weighted by molar-refractivity contribution is 6.01. The van der Waals surface area contributed by atoms with Gasteiger partial charge in [0.2, 0.25) is 0 Å². The van der Waals surface area contributed by atoms with Crippen LogP contribution in [-0.2, 0) is 35.2 Å². The molecule has 8 heteroatoms. The van der Waals surface area contributed by atoms with Gasteiger partial charge < -0.3 is 19.0 Å². The maximum absolute atomic E-state index is 12.8. The van der Waals surface area contributed by atoms with E-state index >= 15 is 0 Å². The molecule has 1 atom stereocenters. The minimum absolute atomic E-state index is 0.0117. The second-order valence-electron chi connectivity index (χ2n) is 6.00. The number of benzene rings is 2. The number of hydrogen-bond donors (Lipinski definition) is 0. The van der Waals surface area contributed by atoms with Crippen LogP contribution in [0.25, 0.3) is 0 Å². The molecule has 2 aromatic carbocycles. The lowest BCUT2D eigenvalue weighted by Crippen LogP contribution is -2.33. The first-order chi connectivity index (χ1) is 14.1. The molecule has 3 rings (SSSR count). The Bertz CT molecular complexity index is 925. The van der Waals surface area contributed by atoms with Crippen LogP contribution in [0.3, 0.4) is 0 Å². The van der Waals surface area contributed by atoms with Crippen LogP contribution in [0.4, 0.5) is 4.79 Å². The molecule has 29 heavy (non-hydrogen) atoms. The normalized spacial score (nSPS) is 15.5. The molecule has 1 aliphatic heterocycles. The zero-order chi connectivity index (χ0) is 20.8. The van der Waals surface area contributed by atoms with E-state index in [1.165, 1.54) is 7.11 Å². The molecule has 0 radical (unpaired) electrons. The molecule has 0 N–H and O–H groups in total. The maximum atomic E-state index is 12.8.